The molecule has 0 radical (unpaired) electrons. The SMILES string of the molecule is NCc1ccc(-c2ncc(Cl)c(Nc3cc(C4CC4)n[nH]3)n2)s1. The first kappa shape index (κ1) is 14.6. The number of hydrogen-bond acceptors (Lipinski definition) is 6. The molecule has 6 nitrogen and oxygen atoms in total. The number of H-pyrrole nitrogens is 1. The van der Waals surface area contributed by atoms with Gasteiger partial charge in [-0.15, -0.1) is 11.3 Å². The molecule has 1 fully saturated rings. The quantitative estimate of drug-likeness (QED) is 0.655. The summed E-state index contributed by atoms with van der Waals surface area (Å²) in [6, 6.07) is 5.97. The lowest BCUT2D eigenvalue weighted by Gasteiger charge is -2.06. The molecule has 23 heavy (non-hydrogen) atoms. The topological polar surface area (TPSA) is 92.5 Å². The number of thiophene rings is 1. The van der Waals surface area contributed by atoms with E-state index >= 15 is 0 Å². The van der Waals surface area contributed by atoms with Gasteiger partial charge in [-0.25, -0.2) is 9.97 Å². The van der Waals surface area contributed by atoms with Crippen LogP contribution in [0.4, 0.5) is 11.6 Å². The Bertz CT molecular complexity index is 838. The molecule has 3 heterocycles. The van der Waals surface area contributed by atoms with E-state index in [0.717, 1.165) is 21.3 Å². The molecule has 0 spiro atoms. The van der Waals surface area contributed by atoms with Crippen molar-refractivity contribution in [2.45, 2.75) is 25.3 Å². The van der Waals surface area contributed by atoms with Gasteiger partial charge in [0.1, 0.15) is 10.8 Å². The Morgan fingerprint density at radius 3 is 3.00 bits per heavy atom. The highest BCUT2D eigenvalue weighted by molar-refractivity contribution is 7.15. The molecule has 3 aromatic heterocycles. The average molecular weight is 347 g/mol. The molecular weight excluding hydrogens is 332 g/mol. The summed E-state index contributed by atoms with van der Waals surface area (Å²) in [5.74, 6) is 2.57. The molecule has 0 unspecified atom stereocenters. The number of hydrogen-bond donors (Lipinski definition) is 3. The van der Waals surface area contributed by atoms with Crippen molar-refractivity contribution in [2.75, 3.05) is 5.32 Å². The van der Waals surface area contributed by atoms with Crippen LogP contribution in [0.25, 0.3) is 10.7 Å². The molecule has 0 aromatic carbocycles. The van der Waals surface area contributed by atoms with Gasteiger partial charge >= 0.3 is 0 Å². The van der Waals surface area contributed by atoms with E-state index in [2.05, 4.69) is 25.5 Å². The maximum atomic E-state index is 6.21. The van der Waals surface area contributed by atoms with Gasteiger partial charge in [0.05, 0.1) is 16.8 Å². The number of nitrogens with two attached hydrogens (primary N) is 1. The first-order chi connectivity index (χ1) is 11.2. The second-order valence-electron chi connectivity index (χ2n) is 5.47. The van der Waals surface area contributed by atoms with E-state index in [9.17, 15) is 0 Å². The molecule has 0 amide bonds. The first-order valence-electron chi connectivity index (χ1n) is 7.37. The highest BCUT2D eigenvalue weighted by atomic mass is 35.5. The molecule has 118 valence electrons. The van der Waals surface area contributed by atoms with Gasteiger partial charge in [0.15, 0.2) is 11.6 Å². The number of nitrogens with one attached hydrogen (secondary N) is 2. The third-order valence-corrected chi connectivity index (χ3v) is 5.05. The van der Waals surface area contributed by atoms with Crippen LogP contribution in [0.3, 0.4) is 0 Å². The van der Waals surface area contributed by atoms with Gasteiger partial charge in [-0.2, -0.15) is 5.10 Å². The van der Waals surface area contributed by atoms with Crippen molar-refractivity contribution in [1.82, 2.24) is 20.2 Å². The molecule has 0 bridgehead atoms. The van der Waals surface area contributed by atoms with Crippen LogP contribution >= 0.6 is 22.9 Å². The van der Waals surface area contributed by atoms with E-state index in [1.165, 1.54) is 12.8 Å². The smallest absolute Gasteiger partial charge is 0.171 e. The van der Waals surface area contributed by atoms with Crippen LogP contribution < -0.4 is 11.1 Å². The Balaban J connectivity index is 1.60. The second-order valence-corrected chi connectivity index (χ2v) is 7.04. The fourth-order valence-electron chi connectivity index (χ4n) is 2.30. The maximum Gasteiger partial charge on any atom is 0.171 e. The van der Waals surface area contributed by atoms with Gasteiger partial charge < -0.3 is 11.1 Å². The van der Waals surface area contributed by atoms with Crippen LogP contribution in [-0.4, -0.2) is 20.2 Å². The molecule has 8 heteroatoms. The summed E-state index contributed by atoms with van der Waals surface area (Å²) < 4.78 is 0. The number of aromatic nitrogens is 4. The second kappa shape index (κ2) is 5.92. The van der Waals surface area contributed by atoms with Crippen LogP contribution in [0, 0.1) is 0 Å². The predicted molar refractivity (Wildman–Crippen MR) is 92.1 cm³/mol. The number of rotatable bonds is 5. The fourth-order valence-corrected chi connectivity index (χ4v) is 3.26. The summed E-state index contributed by atoms with van der Waals surface area (Å²) in [5, 5.41) is 10.9. The third-order valence-electron chi connectivity index (χ3n) is 3.67. The predicted octanol–water partition coefficient (Wildman–Crippen LogP) is 3.66. The highest BCUT2D eigenvalue weighted by Gasteiger charge is 2.26. The molecule has 3 aromatic rings. The fraction of sp³-hybridized carbons (Fsp3) is 0.267. The monoisotopic (exact) mass is 346 g/mol. The van der Waals surface area contributed by atoms with E-state index < -0.39 is 0 Å². The van der Waals surface area contributed by atoms with Gasteiger partial charge in [-0.1, -0.05) is 11.6 Å². The molecule has 4 N–H and O–H groups in total. The summed E-state index contributed by atoms with van der Waals surface area (Å²) in [6.07, 6.45) is 4.03. The van der Waals surface area contributed by atoms with Gasteiger partial charge in [-0.05, 0) is 25.0 Å². The Hall–Kier alpha value is -1.96. The number of halogens is 1. The molecule has 1 saturated carbocycles. The molecule has 0 atom stereocenters. The lowest BCUT2D eigenvalue weighted by molar-refractivity contribution is 0.966. The summed E-state index contributed by atoms with van der Waals surface area (Å²) in [6.45, 7) is 0.515. The Morgan fingerprint density at radius 2 is 2.26 bits per heavy atom. The van der Waals surface area contributed by atoms with E-state index in [0.29, 0.717) is 29.1 Å². The van der Waals surface area contributed by atoms with Crippen molar-refractivity contribution in [1.29, 1.82) is 0 Å². The van der Waals surface area contributed by atoms with Crippen LogP contribution in [0.1, 0.15) is 29.3 Å². The van der Waals surface area contributed by atoms with Gasteiger partial charge in [0, 0.05) is 23.4 Å². The van der Waals surface area contributed by atoms with Crippen molar-refractivity contribution in [3.8, 4) is 10.7 Å². The zero-order valence-corrected chi connectivity index (χ0v) is 13.8. The molecule has 1 aliphatic rings. The van der Waals surface area contributed by atoms with E-state index in [1.54, 1.807) is 17.5 Å². The summed E-state index contributed by atoms with van der Waals surface area (Å²) in [4.78, 5) is 10.9. The number of aromatic amines is 1. The van der Waals surface area contributed by atoms with E-state index in [4.69, 9.17) is 17.3 Å². The summed E-state index contributed by atoms with van der Waals surface area (Å²) in [7, 11) is 0. The molecule has 1 aliphatic carbocycles. The number of anilines is 2. The van der Waals surface area contributed by atoms with Crippen LogP contribution in [-0.2, 0) is 6.54 Å². The lowest BCUT2D eigenvalue weighted by atomic mass is 10.3. The van der Waals surface area contributed by atoms with E-state index in [1.807, 2.05) is 18.2 Å². The minimum atomic E-state index is 0.465. The third kappa shape index (κ3) is 3.08. The zero-order chi connectivity index (χ0) is 15.8. The first-order valence-corrected chi connectivity index (χ1v) is 8.56. The largest absolute Gasteiger partial charge is 0.326 e. The molecular formula is C15H15ClN6S. The Morgan fingerprint density at radius 1 is 1.39 bits per heavy atom. The van der Waals surface area contributed by atoms with Crippen LogP contribution in [0.15, 0.2) is 24.4 Å². The van der Waals surface area contributed by atoms with Gasteiger partial charge in [-0.3, -0.25) is 5.10 Å². The molecule has 0 saturated heterocycles. The minimum Gasteiger partial charge on any atom is -0.326 e. The van der Waals surface area contributed by atoms with Crippen molar-refractivity contribution < 1.29 is 0 Å². The van der Waals surface area contributed by atoms with Crippen molar-refractivity contribution in [3.05, 3.63) is 40.0 Å². The lowest BCUT2D eigenvalue weighted by Crippen LogP contribution is -1.98. The number of nitrogens with zero attached hydrogens (tertiary/aromatic N) is 3. The van der Waals surface area contributed by atoms with Crippen LogP contribution in [0.2, 0.25) is 5.02 Å². The van der Waals surface area contributed by atoms with E-state index in [-0.39, 0.29) is 0 Å². The van der Waals surface area contributed by atoms with Gasteiger partial charge in [0.2, 0.25) is 0 Å². The average Bonchev–Trinajstić information content (AvgIpc) is 3.11. The standard InChI is InChI=1S/C15H15ClN6S/c16-10-7-18-15(12-4-3-9(6-17)23-12)20-14(10)19-13-5-11(21-22-13)8-1-2-8/h3-5,7-8H,1-2,6,17H2,(H2,18,19,20,21,22). The normalized spacial score (nSPS) is 14.2. The molecule has 4 rings (SSSR count). The maximum absolute atomic E-state index is 6.21. The Kier molecular flexibility index (Phi) is 3.76. The van der Waals surface area contributed by atoms with Crippen LogP contribution in [0.5, 0.6) is 0 Å². The highest BCUT2D eigenvalue weighted by Crippen LogP contribution is 2.40. The Labute approximate surface area is 142 Å². The van der Waals surface area contributed by atoms with Crippen molar-refractivity contribution in [2.24, 2.45) is 5.73 Å². The zero-order valence-electron chi connectivity index (χ0n) is 12.2. The minimum absolute atomic E-state index is 0.465. The van der Waals surface area contributed by atoms with Crippen molar-refractivity contribution >= 4 is 34.6 Å². The summed E-state index contributed by atoms with van der Waals surface area (Å²) in [5.41, 5.74) is 6.74. The molecule has 0 aliphatic heterocycles. The summed E-state index contributed by atoms with van der Waals surface area (Å²) >= 11 is 7.79. The van der Waals surface area contributed by atoms with Gasteiger partial charge in [0.25, 0.3) is 0 Å². The van der Waals surface area contributed by atoms with Crippen molar-refractivity contribution in [3.63, 3.8) is 0 Å².